The Morgan fingerprint density at radius 3 is 2.88 bits per heavy atom. The van der Waals surface area contributed by atoms with Crippen molar-refractivity contribution < 1.29 is 4.79 Å². The highest BCUT2D eigenvalue weighted by Crippen LogP contribution is 2.09. The molecule has 4 nitrogen and oxygen atoms in total. The first-order valence-electron chi connectivity index (χ1n) is 5.86. The van der Waals surface area contributed by atoms with Gasteiger partial charge in [-0.2, -0.15) is 0 Å². The van der Waals surface area contributed by atoms with E-state index in [0.29, 0.717) is 6.54 Å². The minimum absolute atomic E-state index is 0.240. The second kappa shape index (κ2) is 5.16. The second-order valence-corrected chi connectivity index (χ2v) is 4.31. The molecule has 2 rings (SSSR count). The van der Waals surface area contributed by atoms with Gasteiger partial charge in [0.15, 0.2) is 0 Å². The molecule has 1 aromatic heterocycles. The predicted octanol–water partition coefficient (Wildman–Crippen LogP) is 0.830. The van der Waals surface area contributed by atoms with Gasteiger partial charge in [-0.1, -0.05) is 0 Å². The van der Waals surface area contributed by atoms with E-state index < -0.39 is 0 Å². The van der Waals surface area contributed by atoms with Gasteiger partial charge in [-0.3, -0.25) is 4.79 Å². The summed E-state index contributed by atoms with van der Waals surface area (Å²) in [7, 11) is 1.92. The van der Waals surface area contributed by atoms with Gasteiger partial charge < -0.3 is 14.8 Å². The topological polar surface area (TPSA) is 37.3 Å². The fourth-order valence-electron chi connectivity index (χ4n) is 2.12. The lowest BCUT2D eigenvalue weighted by Crippen LogP contribution is -2.30. The van der Waals surface area contributed by atoms with Crippen LogP contribution in [0.2, 0.25) is 0 Å². The fourth-order valence-corrected chi connectivity index (χ4v) is 2.12. The third kappa shape index (κ3) is 2.64. The summed E-state index contributed by atoms with van der Waals surface area (Å²) in [5, 5.41) is 3.10. The highest BCUT2D eigenvalue weighted by Gasteiger charge is 2.17. The number of nitrogens with zero attached hydrogens (tertiary/aromatic N) is 2. The second-order valence-electron chi connectivity index (χ2n) is 4.31. The number of likely N-dealkylation sites (tertiary alicyclic amines) is 1. The molecule has 1 aliphatic heterocycles. The molecule has 1 amide bonds. The minimum atomic E-state index is 0.240. The Morgan fingerprint density at radius 1 is 1.44 bits per heavy atom. The van der Waals surface area contributed by atoms with Crippen LogP contribution in [-0.4, -0.2) is 35.5 Å². The van der Waals surface area contributed by atoms with E-state index in [1.54, 1.807) is 0 Å². The van der Waals surface area contributed by atoms with Crippen LogP contribution in [0.15, 0.2) is 18.5 Å². The van der Waals surface area contributed by atoms with E-state index in [9.17, 15) is 4.79 Å². The molecule has 4 heteroatoms. The summed E-state index contributed by atoms with van der Waals surface area (Å²) in [6, 6.07) is 2.05. The summed E-state index contributed by atoms with van der Waals surface area (Å²) >= 11 is 0. The van der Waals surface area contributed by atoms with Crippen LogP contribution in [0, 0.1) is 0 Å². The number of amides is 1. The number of aromatic nitrogens is 1. The van der Waals surface area contributed by atoms with Gasteiger partial charge >= 0.3 is 0 Å². The Bertz CT molecular complexity index is 353. The normalized spacial score (nSPS) is 15.7. The van der Waals surface area contributed by atoms with Crippen LogP contribution in [0.1, 0.15) is 18.4 Å². The quantitative estimate of drug-likeness (QED) is 0.817. The standard InChI is InChI=1S/C12H19N3O/c1-13-8-11-4-7-14(9-11)10-12(16)15-5-2-3-6-15/h4,7,9,13H,2-3,5-6,8,10H2,1H3. The van der Waals surface area contributed by atoms with Crippen molar-refractivity contribution >= 4 is 5.91 Å². The minimum Gasteiger partial charge on any atom is -0.345 e. The van der Waals surface area contributed by atoms with Crippen molar-refractivity contribution in [2.24, 2.45) is 0 Å². The third-order valence-corrected chi connectivity index (χ3v) is 2.97. The van der Waals surface area contributed by atoms with Gasteiger partial charge in [0.2, 0.25) is 5.91 Å². The molecule has 2 heterocycles. The van der Waals surface area contributed by atoms with Gasteiger partial charge in [-0.05, 0) is 31.5 Å². The molecule has 0 bridgehead atoms. The van der Waals surface area contributed by atoms with Gasteiger partial charge in [0.25, 0.3) is 0 Å². The first kappa shape index (κ1) is 11.2. The zero-order valence-electron chi connectivity index (χ0n) is 9.78. The van der Waals surface area contributed by atoms with E-state index in [-0.39, 0.29) is 5.91 Å². The Kier molecular flexibility index (Phi) is 3.62. The van der Waals surface area contributed by atoms with Crippen LogP contribution in [0.25, 0.3) is 0 Å². The Morgan fingerprint density at radius 2 is 2.19 bits per heavy atom. The molecule has 0 aliphatic carbocycles. The number of rotatable bonds is 4. The van der Waals surface area contributed by atoms with Gasteiger partial charge in [0.1, 0.15) is 6.54 Å². The van der Waals surface area contributed by atoms with Crippen LogP contribution < -0.4 is 5.32 Å². The number of carbonyl (C=O) groups excluding carboxylic acids is 1. The molecular formula is C12H19N3O. The highest BCUT2D eigenvalue weighted by molar-refractivity contribution is 5.76. The van der Waals surface area contributed by atoms with Crippen LogP contribution in [0.5, 0.6) is 0 Å². The predicted molar refractivity (Wildman–Crippen MR) is 63.0 cm³/mol. The molecule has 0 radical (unpaired) electrons. The van der Waals surface area contributed by atoms with Crippen LogP contribution in [-0.2, 0) is 17.9 Å². The van der Waals surface area contributed by atoms with E-state index in [0.717, 1.165) is 32.5 Å². The molecule has 16 heavy (non-hydrogen) atoms. The summed E-state index contributed by atoms with van der Waals surface area (Å²) in [6.45, 7) is 3.20. The average Bonchev–Trinajstić information content (AvgIpc) is 2.89. The van der Waals surface area contributed by atoms with Crippen molar-refractivity contribution in [3.63, 3.8) is 0 Å². The fraction of sp³-hybridized carbons (Fsp3) is 0.583. The molecule has 0 spiro atoms. The lowest BCUT2D eigenvalue weighted by molar-refractivity contribution is -0.130. The smallest absolute Gasteiger partial charge is 0.242 e. The van der Waals surface area contributed by atoms with E-state index >= 15 is 0 Å². The SMILES string of the molecule is CNCc1ccn(CC(=O)N2CCCC2)c1. The molecule has 1 N–H and O–H groups in total. The van der Waals surface area contributed by atoms with Crippen LogP contribution >= 0.6 is 0 Å². The molecule has 1 aromatic rings. The van der Waals surface area contributed by atoms with E-state index in [1.165, 1.54) is 5.56 Å². The van der Waals surface area contributed by atoms with Crippen molar-refractivity contribution in [2.75, 3.05) is 20.1 Å². The maximum atomic E-state index is 11.9. The molecule has 1 aliphatic rings. The zero-order valence-corrected chi connectivity index (χ0v) is 9.78. The van der Waals surface area contributed by atoms with Crippen molar-refractivity contribution in [2.45, 2.75) is 25.9 Å². The van der Waals surface area contributed by atoms with Crippen molar-refractivity contribution in [1.29, 1.82) is 0 Å². The molecular weight excluding hydrogens is 202 g/mol. The van der Waals surface area contributed by atoms with Gasteiger partial charge in [0, 0.05) is 32.0 Å². The summed E-state index contributed by atoms with van der Waals surface area (Å²) < 4.78 is 1.97. The average molecular weight is 221 g/mol. The highest BCUT2D eigenvalue weighted by atomic mass is 16.2. The molecule has 0 saturated carbocycles. The molecule has 0 atom stereocenters. The van der Waals surface area contributed by atoms with Crippen LogP contribution in [0.4, 0.5) is 0 Å². The number of nitrogens with one attached hydrogen (secondary N) is 1. The van der Waals surface area contributed by atoms with Crippen molar-refractivity contribution in [3.8, 4) is 0 Å². The van der Waals surface area contributed by atoms with Gasteiger partial charge in [0.05, 0.1) is 0 Å². The monoisotopic (exact) mass is 221 g/mol. The number of hydrogen-bond donors (Lipinski definition) is 1. The van der Waals surface area contributed by atoms with Crippen molar-refractivity contribution in [3.05, 3.63) is 24.0 Å². The maximum Gasteiger partial charge on any atom is 0.242 e. The first-order valence-corrected chi connectivity index (χ1v) is 5.86. The Labute approximate surface area is 96.2 Å². The molecule has 0 aromatic carbocycles. The first-order chi connectivity index (χ1) is 7.79. The molecule has 1 saturated heterocycles. The number of hydrogen-bond acceptors (Lipinski definition) is 2. The van der Waals surface area contributed by atoms with E-state index in [2.05, 4.69) is 5.32 Å². The summed E-state index contributed by atoms with van der Waals surface area (Å²) in [6.07, 6.45) is 6.32. The lowest BCUT2D eigenvalue weighted by Gasteiger charge is -2.15. The van der Waals surface area contributed by atoms with E-state index in [1.807, 2.05) is 35.0 Å². The lowest BCUT2D eigenvalue weighted by atomic mass is 10.3. The zero-order chi connectivity index (χ0) is 11.4. The van der Waals surface area contributed by atoms with Crippen molar-refractivity contribution in [1.82, 2.24) is 14.8 Å². The van der Waals surface area contributed by atoms with E-state index in [4.69, 9.17) is 0 Å². The molecule has 88 valence electrons. The van der Waals surface area contributed by atoms with Gasteiger partial charge in [-0.25, -0.2) is 0 Å². The Hall–Kier alpha value is -1.29. The Balaban J connectivity index is 1.89. The summed E-state index contributed by atoms with van der Waals surface area (Å²) in [4.78, 5) is 13.8. The maximum absolute atomic E-state index is 11.9. The number of carbonyl (C=O) groups is 1. The largest absolute Gasteiger partial charge is 0.345 e. The molecule has 0 unspecified atom stereocenters. The molecule has 1 fully saturated rings. The summed E-state index contributed by atoms with van der Waals surface area (Å²) in [5.74, 6) is 0.240. The summed E-state index contributed by atoms with van der Waals surface area (Å²) in [5.41, 5.74) is 1.22. The van der Waals surface area contributed by atoms with Gasteiger partial charge in [-0.15, -0.1) is 0 Å². The third-order valence-electron chi connectivity index (χ3n) is 2.97. The van der Waals surface area contributed by atoms with Crippen LogP contribution in [0.3, 0.4) is 0 Å².